The van der Waals surface area contributed by atoms with Crippen LogP contribution in [0.4, 0.5) is 4.79 Å². The van der Waals surface area contributed by atoms with Gasteiger partial charge in [0.25, 0.3) is 0 Å². The number of pyridine rings is 1. The van der Waals surface area contributed by atoms with Crippen LogP contribution in [-0.2, 0) is 16.0 Å². The number of aliphatic carboxylic acids is 1. The van der Waals surface area contributed by atoms with E-state index in [-0.39, 0.29) is 23.1 Å². The monoisotopic (exact) mass is 318 g/mol. The van der Waals surface area contributed by atoms with Gasteiger partial charge in [-0.3, -0.25) is 4.98 Å². The maximum absolute atomic E-state index is 11.4. The van der Waals surface area contributed by atoms with Crippen LogP contribution in [0.3, 0.4) is 0 Å². The molecule has 1 unspecified atom stereocenters. The van der Waals surface area contributed by atoms with Gasteiger partial charge in [-0.05, 0) is 5.56 Å². The minimum absolute atomic E-state index is 0.0189. The summed E-state index contributed by atoms with van der Waals surface area (Å²) in [6.07, 6.45) is 3.11. The molecular weight excluding hydrogens is 307 g/mol. The number of carbonyl (C=O) groups is 2. The number of rotatable bonds is 6. The van der Waals surface area contributed by atoms with Crippen molar-refractivity contribution in [1.29, 1.82) is 0 Å². The number of hydrogen-bond donors (Lipinski definition) is 2. The van der Waals surface area contributed by atoms with E-state index in [1.54, 1.807) is 0 Å². The van der Waals surface area contributed by atoms with Gasteiger partial charge in [-0.1, -0.05) is 35.9 Å². The maximum atomic E-state index is 11.4. The summed E-state index contributed by atoms with van der Waals surface area (Å²) >= 11 is 11.8. The molecule has 0 bridgehead atoms. The molecule has 0 saturated heterocycles. The van der Waals surface area contributed by atoms with Gasteiger partial charge in [0.05, 0.1) is 10.0 Å². The molecule has 1 rings (SSSR count). The quantitative estimate of drug-likeness (QED) is 0.786. The van der Waals surface area contributed by atoms with Crippen molar-refractivity contribution < 1.29 is 19.4 Å². The lowest BCUT2D eigenvalue weighted by molar-refractivity contribution is -0.139. The van der Waals surface area contributed by atoms with Gasteiger partial charge in [-0.25, -0.2) is 9.59 Å². The van der Waals surface area contributed by atoms with Crippen molar-refractivity contribution in [2.45, 2.75) is 12.5 Å². The molecule has 0 aromatic carbocycles. The van der Waals surface area contributed by atoms with E-state index in [9.17, 15) is 9.59 Å². The molecule has 0 aliphatic rings. The lowest BCUT2D eigenvalue weighted by Crippen LogP contribution is -2.42. The summed E-state index contributed by atoms with van der Waals surface area (Å²) in [5.74, 6) is -1.23. The second-order valence-corrected chi connectivity index (χ2v) is 4.52. The second kappa shape index (κ2) is 7.72. The first-order valence-electron chi connectivity index (χ1n) is 5.50. The zero-order valence-corrected chi connectivity index (χ0v) is 11.8. The van der Waals surface area contributed by atoms with Crippen molar-refractivity contribution in [3.05, 3.63) is 40.7 Å². The average Bonchev–Trinajstić information content (AvgIpc) is 2.39. The number of aromatic nitrogens is 1. The van der Waals surface area contributed by atoms with Crippen LogP contribution in [0.15, 0.2) is 25.0 Å². The molecule has 1 aromatic rings. The van der Waals surface area contributed by atoms with Gasteiger partial charge in [0, 0.05) is 18.8 Å². The lowest BCUT2D eigenvalue weighted by Gasteiger charge is -2.15. The van der Waals surface area contributed by atoms with Crippen LogP contribution in [0.2, 0.25) is 10.0 Å². The molecule has 0 fully saturated rings. The third kappa shape index (κ3) is 4.71. The number of carboxylic acids is 1. The van der Waals surface area contributed by atoms with Crippen LogP contribution in [0.25, 0.3) is 0 Å². The number of hydrogen-bond acceptors (Lipinski definition) is 4. The van der Waals surface area contributed by atoms with E-state index >= 15 is 0 Å². The number of nitrogens with zero attached hydrogens (tertiary/aromatic N) is 1. The molecule has 1 atom stereocenters. The van der Waals surface area contributed by atoms with Crippen molar-refractivity contribution in [3.63, 3.8) is 0 Å². The molecule has 6 nitrogen and oxygen atoms in total. The minimum Gasteiger partial charge on any atom is -0.480 e. The Morgan fingerprint density at radius 1 is 1.45 bits per heavy atom. The summed E-state index contributed by atoms with van der Waals surface area (Å²) in [6.45, 7) is 3.36. The highest BCUT2D eigenvalue weighted by Gasteiger charge is 2.23. The highest BCUT2D eigenvalue weighted by Crippen LogP contribution is 2.24. The Bertz CT molecular complexity index is 502. The van der Waals surface area contributed by atoms with E-state index in [0.717, 1.165) is 0 Å². The first-order valence-corrected chi connectivity index (χ1v) is 6.26. The van der Waals surface area contributed by atoms with Crippen molar-refractivity contribution in [3.8, 4) is 0 Å². The predicted molar refractivity (Wildman–Crippen MR) is 74.1 cm³/mol. The third-order valence-corrected chi connectivity index (χ3v) is 2.93. The number of carbonyl (C=O) groups excluding carboxylic acids is 1. The first kappa shape index (κ1) is 16.3. The highest BCUT2D eigenvalue weighted by molar-refractivity contribution is 6.35. The molecule has 0 aliphatic carbocycles. The predicted octanol–water partition coefficient (Wildman–Crippen LogP) is 2.30. The van der Waals surface area contributed by atoms with Crippen LogP contribution < -0.4 is 5.32 Å². The van der Waals surface area contributed by atoms with Gasteiger partial charge < -0.3 is 15.2 Å². The standard InChI is InChI=1S/C12H12Cl2N2O4/c1-2-3-20-12(19)16-10(11(17)18)4-7-8(13)5-15-6-9(7)14/h2,5-6,10H,1,3-4H2,(H,16,19)(H,17,18). The van der Waals surface area contributed by atoms with E-state index in [2.05, 4.69) is 21.6 Å². The number of alkyl carbamates (subject to hydrolysis) is 1. The summed E-state index contributed by atoms with van der Waals surface area (Å²) in [6, 6.07) is -1.22. The van der Waals surface area contributed by atoms with E-state index in [4.69, 9.17) is 28.3 Å². The second-order valence-electron chi connectivity index (χ2n) is 3.71. The number of nitrogens with one attached hydrogen (secondary N) is 1. The van der Waals surface area contributed by atoms with Gasteiger partial charge in [-0.2, -0.15) is 0 Å². The molecule has 2 N–H and O–H groups in total. The van der Waals surface area contributed by atoms with E-state index in [1.807, 2.05) is 0 Å². The van der Waals surface area contributed by atoms with Crippen LogP contribution in [0.1, 0.15) is 5.56 Å². The Labute approximate surface area is 125 Å². The Morgan fingerprint density at radius 3 is 2.55 bits per heavy atom. The first-order chi connectivity index (χ1) is 9.45. The molecule has 0 spiro atoms. The van der Waals surface area contributed by atoms with E-state index in [1.165, 1.54) is 18.5 Å². The van der Waals surface area contributed by atoms with Crippen LogP contribution in [0, 0.1) is 0 Å². The molecule has 1 aromatic heterocycles. The zero-order valence-electron chi connectivity index (χ0n) is 10.3. The molecule has 108 valence electrons. The Hall–Kier alpha value is -1.79. The SMILES string of the molecule is C=CCOC(=O)NC(Cc1c(Cl)cncc1Cl)C(=O)O. The van der Waals surface area contributed by atoms with Gasteiger partial charge >= 0.3 is 12.1 Å². The molecule has 8 heteroatoms. The molecule has 1 heterocycles. The van der Waals surface area contributed by atoms with Gasteiger partial charge in [-0.15, -0.1) is 0 Å². The summed E-state index contributed by atoms with van der Waals surface area (Å²) in [4.78, 5) is 26.3. The number of halogens is 2. The number of ether oxygens (including phenoxy) is 1. The van der Waals surface area contributed by atoms with E-state index in [0.29, 0.717) is 5.56 Å². The molecule has 20 heavy (non-hydrogen) atoms. The van der Waals surface area contributed by atoms with Crippen molar-refractivity contribution >= 4 is 35.3 Å². The van der Waals surface area contributed by atoms with Crippen molar-refractivity contribution in [2.24, 2.45) is 0 Å². The highest BCUT2D eigenvalue weighted by atomic mass is 35.5. The topological polar surface area (TPSA) is 88.5 Å². The van der Waals surface area contributed by atoms with E-state index < -0.39 is 18.1 Å². The maximum Gasteiger partial charge on any atom is 0.408 e. The lowest BCUT2D eigenvalue weighted by atomic mass is 10.1. The number of amides is 1. The summed E-state index contributed by atoms with van der Waals surface area (Å²) in [7, 11) is 0. The normalized spacial score (nSPS) is 11.5. The Morgan fingerprint density at radius 2 is 2.05 bits per heavy atom. The molecule has 1 amide bonds. The summed E-state index contributed by atoms with van der Waals surface area (Å²) < 4.78 is 4.66. The van der Waals surface area contributed by atoms with Gasteiger partial charge in [0.2, 0.25) is 0 Å². The van der Waals surface area contributed by atoms with Crippen LogP contribution in [-0.4, -0.2) is 34.8 Å². The zero-order chi connectivity index (χ0) is 15.1. The third-order valence-electron chi connectivity index (χ3n) is 2.28. The Kier molecular flexibility index (Phi) is 6.27. The van der Waals surface area contributed by atoms with Crippen LogP contribution in [0.5, 0.6) is 0 Å². The van der Waals surface area contributed by atoms with Crippen molar-refractivity contribution in [2.75, 3.05) is 6.61 Å². The average molecular weight is 319 g/mol. The number of carboxylic acid groups (broad SMARTS) is 1. The molecule has 0 aliphatic heterocycles. The smallest absolute Gasteiger partial charge is 0.408 e. The summed E-state index contributed by atoms with van der Waals surface area (Å²) in [5.41, 5.74) is 0.389. The van der Waals surface area contributed by atoms with Gasteiger partial charge in [0.15, 0.2) is 0 Å². The largest absolute Gasteiger partial charge is 0.480 e. The van der Waals surface area contributed by atoms with Gasteiger partial charge in [0.1, 0.15) is 12.6 Å². The minimum atomic E-state index is -1.23. The van der Waals surface area contributed by atoms with Crippen molar-refractivity contribution in [1.82, 2.24) is 10.3 Å². The summed E-state index contributed by atoms with van der Waals surface area (Å²) in [5, 5.41) is 11.8. The molecule has 0 saturated carbocycles. The fourth-order valence-corrected chi connectivity index (χ4v) is 1.87. The Balaban J connectivity index is 2.80. The fraction of sp³-hybridized carbons (Fsp3) is 0.250. The molecule has 0 radical (unpaired) electrons. The molecular formula is C12H12Cl2N2O4. The van der Waals surface area contributed by atoms with Crippen LogP contribution >= 0.6 is 23.2 Å². The fourth-order valence-electron chi connectivity index (χ4n) is 1.36.